The number of nitro groups is 1. The van der Waals surface area contributed by atoms with E-state index in [0.29, 0.717) is 12.2 Å². The Hall–Kier alpha value is -2.70. The van der Waals surface area contributed by atoms with E-state index in [0.717, 1.165) is 11.5 Å². The summed E-state index contributed by atoms with van der Waals surface area (Å²) in [6.45, 7) is 3.37. The Balaban J connectivity index is 1.93. The van der Waals surface area contributed by atoms with Gasteiger partial charge in [-0.1, -0.05) is 0 Å². The zero-order valence-electron chi connectivity index (χ0n) is 11.8. The summed E-state index contributed by atoms with van der Waals surface area (Å²) in [7, 11) is 0. The molecule has 2 aromatic heterocycles. The molecule has 0 aliphatic carbocycles. The van der Waals surface area contributed by atoms with Crippen LogP contribution < -0.4 is 5.32 Å². The van der Waals surface area contributed by atoms with Gasteiger partial charge in [-0.25, -0.2) is 4.98 Å². The minimum atomic E-state index is -0.507. The molecular formula is C14H15N3O4. The summed E-state index contributed by atoms with van der Waals surface area (Å²) in [6, 6.07) is 6.42. The Bertz CT molecular complexity index is 679. The summed E-state index contributed by atoms with van der Waals surface area (Å²) in [5, 5.41) is 13.3. The van der Waals surface area contributed by atoms with E-state index in [9.17, 15) is 14.9 Å². The molecule has 0 aromatic carbocycles. The number of carbonyl (C=O) groups is 1. The van der Waals surface area contributed by atoms with Crippen molar-refractivity contribution in [3.8, 4) is 0 Å². The zero-order valence-corrected chi connectivity index (χ0v) is 11.8. The van der Waals surface area contributed by atoms with Crippen molar-refractivity contribution in [2.45, 2.75) is 26.7 Å². The van der Waals surface area contributed by atoms with Crippen LogP contribution in [0.2, 0.25) is 0 Å². The quantitative estimate of drug-likeness (QED) is 0.674. The molecule has 0 atom stereocenters. The highest BCUT2D eigenvalue weighted by Gasteiger charge is 2.13. The van der Waals surface area contributed by atoms with Crippen molar-refractivity contribution in [2.24, 2.45) is 0 Å². The lowest BCUT2D eigenvalue weighted by molar-refractivity contribution is -0.385. The molecule has 2 rings (SSSR count). The fourth-order valence-electron chi connectivity index (χ4n) is 1.88. The second kappa shape index (κ2) is 6.17. The first kappa shape index (κ1) is 14.7. The molecule has 0 bridgehead atoms. The molecule has 0 radical (unpaired) electrons. The number of pyridine rings is 1. The van der Waals surface area contributed by atoms with E-state index in [2.05, 4.69) is 10.3 Å². The lowest BCUT2D eigenvalue weighted by Gasteiger charge is -2.05. The fraction of sp³-hybridized carbons (Fsp3) is 0.286. The first-order valence-electron chi connectivity index (χ1n) is 6.43. The van der Waals surface area contributed by atoms with Crippen LogP contribution in [0.4, 0.5) is 11.5 Å². The van der Waals surface area contributed by atoms with Gasteiger partial charge in [0.15, 0.2) is 0 Å². The van der Waals surface area contributed by atoms with Crippen molar-refractivity contribution in [3.63, 3.8) is 0 Å². The van der Waals surface area contributed by atoms with Crippen molar-refractivity contribution in [2.75, 3.05) is 5.32 Å². The number of aromatic nitrogens is 1. The number of anilines is 1. The van der Waals surface area contributed by atoms with E-state index >= 15 is 0 Å². The summed E-state index contributed by atoms with van der Waals surface area (Å²) in [4.78, 5) is 26.0. The number of amides is 1. The number of nitrogens with zero attached hydrogens (tertiary/aromatic N) is 2. The molecule has 0 saturated carbocycles. The molecule has 0 spiro atoms. The summed E-state index contributed by atoms with van der Waals surface area (Å²) in [5.41, 5.74) is 0.193. The van der Waals surface area contributed by atoms with Crippen LogP contribution in [-0.2, 0) is 11.2 Å². The molecule has 7 nitrogen and oxygen atoms in total. The molecule has 21 heavy (non-hydrogen) atoms. The standard InChI is InChI=1S/C14H15N3O4/c1-9-3-4-11(21-9)5-8-14(18)16-13-7-6-12(17(19)20)10(2)15-13/h3-4,6-7H,5,8H2,1-2H3,(H,15,16,18). The average Bonchev–Trinajstić information content (AvgIpc) is 2.82. The van der Waals surface area contributed by atoms with Gasteiger partial charge in [0, 0.05) is 18.9 Å². The molecule has 0 saturated heterocycles. The number of aryl methyl sites for hydroxylation is 3. The number of nitrogens with one attached hydrogen (secondary N) is 1. The molecule has 1 N–H and O–H groups in total. The van der Waals surface area contributed by atoms with Gasteiger partial charge < -0.3 is 9.73 Å². The number of hydrogen-bond acceptors (Lipinski definition) is 5. The van der Waals surface area contributed by atoms with Gasteiger partial charge in [0.05, 0.1) is 4.92 Å². The van der Waals surface area contributed by atoms with E-state index < -0.39 is 4.92 Å². The predicted molar refractivity (Wildman–Crippen MR) is 76.0 cm³/mol. The Labute approximate surface area is 121 Å². The highest BCUT2D eigenvalue weighted by molar-refractivity contribution is 5.89. The van der Waals surface area contributed by atoms with E-state index in [-0.39, 0.29) is 23.7 Å². The lowest BCUT2D eigenvalue weighted by Crippen LogP contribution is -2.13. The summed E-state index contributed by atoms with van der Waals surface area (Å²) < 4.78 is 5.37. The van der Waals surface area contributed by atoms with Crippen LogP contribution in [-0.4, -0.2) is 15.8 Å². The predicted octanol–water partition coefficient (Wildman–Crippen LogP) is 2.77. The first-order chi connectivity index (χ1) is 9.95. The number of hydrogen-bond donors (Lipinski definition) is 1. The van der Waals surface area contributed by atoms with Crippen LogP contribution in [0, 0.1) is 24.0 Å². The second-order valence-electron chi connectivity index (χ2n) is 4.62. The molecule has 110 valence electrons. The van der Waals surface area contributed by atoms with Crippen LogP contribution in [0.5, 0.6) is 0 Å². The summed E-state index contributed by atoms with van der Waals surface area (Å²) in [5.74, 6) is 1.64. The van der Waals surface area contributed by atoms with E-state index in [1.807, 2.05) is 19.1 Å². The van der Waals surface area contributed by atoms with Crippen molar-refractivity contribution < 1.29 is 14.1 Å². The fourth-order valence-corrected chi connectivity index (χ4v) is 1.88. The molecule has 1 amide bonds. The van der Waals surface area contributed by atoms with Crippen LogP contribution in [0.15, 0.2) is 28.7 Å². The highest BCUT2D eigenvalue weighted by atomic mass is 16.6. The zero-order chi connectivity index (χ0) is 15.4. The van der Waals surface area contributed by atoms with Crippen molar-refractivity contribution in [3.05, 3.63) is 51.6 Å². The molecule has 0 unspecified atom stereocenters. The van der Waals surface area contributed by atoms with E-state index in [1.165, 1.54) is 19.1 Å². The molecule has 0 fully saturated rings. The molecule has 2 heterocycles. The molecule has 2 aromatic rings. The molecule has 7 heteroatoms. The normalized spacial score (nSPS) is 10.4. The Morgan fingerprint density at radius 3 is 2.67 bits per heavy atom. The van der Waals surface area contributed by atoms with Crippen LogP contribution >= 0.6 is 0 Å². The third kappa shape index (κ3) is 3.88. The Kier molecular flexibility index (Phi) is 4.32. The minimum Gasteiger partial charge on any atom is -0.466 e. The average molecular weight is 289 g/mol. The Morgan fingerprint density at radius 1 is 1.33 bits per heavy atom. The third-order valence-electron chi connectivity index (χ3n) is 2.92. The summed E-state index contributed by atoms with van der Waals surface area (Å²) in [6.07, 6.45) is 0.746. The minimum absolute atomic E-state index is 0.0703. The van der Waals surface area contributed by atoms with Gasteiger partial charge in [-0.3, -0.25) is 14.9 Å². The smallest absolute Gasteiger partial charge is 0.290 e. The monoisotopic (exact) mass is 289 g/mol. The SMILES string of the molecule is Cc1ccc(CCC(=O)Nc2ccc([N+](=O)[O-])c(C)n2)o1. The van der Waals surface area contributed by atoms with Crippen molar-refractivity contribution >= 4 is 17.4 Å². The van der Waals surface area contributed by atoms with Gasteiger partial charge in [-0.15, -0.1) is 0 Å². The van der Waals surface area contributed by atoms with Gasteiger partial charge in [0.2, 0.25) is 5.91 Å². The number of rotatable bonds is 5. The third-order valence-corrected chi connectivity index (χ3v) is 2.92. The van der Waals surface area contributed by atoms with Crippen LogP contribution in [0.3, 0.4) is 0 Å². The largest absolute Gasteiger partial charge is 0.466 e. The molecule has 0 aliphatic heterocycles. The summed E-state index contributed by atoms with van der Waals surface area (Å²) >= 11 is 0. The maximum absolute atomic E-state index is 11.8. The van der Waals surface area contributed by atoms with Gasteiger partial charge in [-0.2, -0.15) is 0 Å². The topological polar surface area (TPSA) is 98.3 Å². The molecular weight excluding hydrogens is 274 g/mol. The van der Waals surface area contributed by atoms with Gasteiger partial charge >= 0.3 is 0 Å². The maximum Gasteiger partial charge on any atom is 0.290 e. The van der Waals surface area contributed by atoms with Gasteiger partial charge in [0.1, 0.15) is 23.0 Å². The van der Waals surface area contributed by atoms with Gasteiger partial charge in [-0.05, 0) is 32.0 Å². The number of carbonyl (C=O) groups excluding carboxylic acids is 1. The lowest BCUT2D eigenvalue weighted by atomic mass is 10.2. The van der Waals surface area contributed by atoms with E-state index in [1.54, 1.807) is 0 Å². The maximum atomic E-state index is 11.8. The molecule has 0 aliphatic rings. The van der Waals surface area contributed by atoms with Gasteiger partial charge in [0.25, 0.3) is 5.69 Å². The highest BCUT2D eigenvalue weighted by Crippen LogP contribution is 2.18. The van der Waals surface area contributed by atoms with E-state index in [4.69, 9.17) is 4.42 Å². The number of furan rings is 1. The van der Waals surface area contributed by atoms with Crippen molar-refractivity contribution in [1.29, 1.82) is 0 Å². The Morgan fingerprint density at radius 2 is 2.10 bits per heavy atom. The second-order valence-corrected chi connectivity index (χ2v) is 4.62. The first-order valence-corrected chi connectivity index (χ1v) is 6.43. The van der Waals surface area contributed by atoms with Crippen molar-refractivity contribution in [1.82, 2.24) is 4.98 Å². The van der Waals surface area contributed by atoms with Crippen LogP contribution in [0.1, 0.15) is 23.6 Å². The van der Waals surface area contributed by atoms with Crippen LogP contribution in [0.25, 0.3) is 0 Å².